The largest absolute Gasteiger partial charge is 0.393 e. The van der Waals surface area contributed by atoms with Crippen molar-refractivity contribution in [3.8, 4) is 6.07 Å². The molecule has 0 aliphatic carbocycles. The molecule has 1 N–H and O–H groups in total. The van der Waals surface area contributed by atoms with Gasteiger partial charge in [0.2, 0.25) is 0 Å². The number of anilines is 1. The van der Waals surface area contributed by atoms with E-state index < -0.39 is 5.54 Å². The average molecular weight is 218 g/mol. The number of hydrogen-bond acceptors (Lipinski definition) is 4. The Morgan fingerprint density at radius 1 is 1.44 bits per heavy atom. The van der Waals surface area contributed by atoms with E-state index in [-0.39, 0.29) is 13.2 Å². The Labute approximate surface area is 94.7 Å². The Hall–Kier alpha value is -1.57. The zero-order valence-corrected chi connectivity index (χ0v) is 8.97. The van der Waals surface area contributed by atoms with Crippen molar-refractivity contribution in [2.24, 2.45) is 0 Å². The van der Waals surface area contributed by atoms with Gasteiger partial charge in [-0.15, -0.1) is 0 Å². The van der Waals surface area contributed by atoms with Crippen LogP contribution >= 0.6 is 0 Å². The number of ether oxygens (including phenoxy) is 1. The monoisotopic (exact) mass is 218 g/mol. The summed E-state index contributed by atoms with van der Waals surface area (Å²) in [5.41, 5.74) is 0.000903. The molecule has 16 heavy (non-hydrogen) atoms. The van der Waals surface area contributed by atoms with E-state index in [4.69, 9.17) is 4.74 Å². The molecule has 84 valence electrons. The summed E-state index contributed by atoms with van der Waals surface area (Å²) in [4.78, 5) is 1.91. The van der Waals surface area contributed by atoms with Gasteiger partial charge in [0.05, 0.1) is 25.9 Å². The van der Waals surface area contributed by atoms with Crippen molar-refractivity contribution in [2.45, 2.75) is 5.54 Å². The van der Waals surface area contributed by atoms with Gasteiger partial charge in [0.25, 0.3) is 0 Å². The van der Waals surface area contributed by atoms with Gasteiger partial charge in [-0.05, 0) is 12.1 Å². The van der Waals surface area contributed by atoms with Crippen LogP contribution in [0.3, 0.4) is 0 Å². The Morgan fingerprint density at radius 3 is 2.81 bits per heavy atom. The summed E-state index contributed by atoms with van der Waals surface area (Å²) >= 11 is 0. The molecule has 0 spiro atoms. The molecule has 1 aromatic carbocycles. The number of nitrogens with zero attached hydrogens (tertiary/aromatic N) is 2. The fraction of sp³-hybridized carbons (Fsp3) is 0.417. The minimum absolute atomic E-state index is 0.224. The van der Waals surface area contributed by atoms with Crippen LogP contribution in [0.4, 0.5) is 5.69 Å². The summed E-state index contributed by atoms with van der Waals surface area (Å²) in [6.45, 7) is 1.23. The van der Waals surface area contributed by atoms with Crippen molar-refractivity contribution in [1.29, 1.82) is 5.26 Å². The van der Waals surface area contributed by atoms with Crippen molar-refractivity contribution in [3.63, 3.8) is 0 Å². The van der Waals surface area contributed by atoms with Gasteiger partial charge >= 0.3 is 0 Å². The summed E-state index contributed by atoms with van der Waals surface area (Å²) in [5, 5.41) is 18.7. The topological polar surface area (TPSA) is 56.5 Å². The van der Waals surface area contributed by atoms with Gasteiger partial charge in [-0.1, -0.05) is 18.2 Å². The SMILES string of the molecule is N#CC1(CO)COCCN1c1ccccc1. The molecule has 0 bridgehead atoms. The molecule has 1 unspecified atom stereocenters. The Kier molecular flexibility index (Phi) is 3.09. The standard InChI is InChI=1S/C12H14N2O2/c13-8-12(9-15)10-16-7-6-14(12)11-4-2-1-3-5-11/h1-5,15H,6-7,9-10H2. The Morgan fingerprint density at radius 2 is 2.19 bits per heavy atom. The van der Waals surface area contributed by atoms with Crippen LogP contribution in [0, 0.1) is 11.3 Å². The number of benzene rings is 1. The highest BCUT2D eigenvalue weighted by atomic mass is 16.5. The number of nitriles is 1. The fourth-order valence-electron chi connectivity index (χ4n) is 1.93. The van der Waals surface area contributed by atoms with Crippen molar-refractivity contribution in [2.75, 3.05) is 31.3 Å². The predicted octanol–water partition coefficient (Wildman–Crippen LogP) is 0.778. The zero-order valence-electron chi connectivity index (χ0n) is 8.97. The van der Waals surface area contributed by atoms with E-state index in [9.17, 15) is 10.4 Å². The van der Waals surface area contributed by atoms with Crippen LogP contribution in [0.25, 0.3) is 0 Å². The maximum atomic E-state index is 9.43. The zero-order chi connectivity index (χ0) is 11.4. The molecule has 1 aliphatic rings. The number of aliphatic hydroxyl groups excluding tert-OH is 1. The predicted molar refractivity (Wildman–Crippen MR) is 60.0 cm³/mol. The Balaban J connectivity index is 2.34. The molecule has 0 aromatic heterocycles. The summed E-state index contributed by atoms with van der Waals surface area (Å²) < 4.78 is 5.29. The smallest absolute Gasteiger partial charge is 0.174 e. The molecule has 0 saturated carbocycles. The van der Waals surface area contributed by atoms with Crippen LogP contribution < -0.4 is 4.90 Å². The lowest BCUT2D eigenvalue weighted by molar-refractivity contribution is 0.0456. The number of para-hydroxylation sites is 1. The molecule has 1 heterocycles. The summed E-state index contributed by atoms with van der Waals surface area (Å²) in [6, 6.07) is 11.8. The van der Waals surface area contributed by atoms with Gasteiger partial charge in [-0.3, -0.25) is 0 Å². The molecule has 1 aromatic rings. The second-order valence-electron chi connectivity index (χ2n) is 3.84. The molecule has 4 nitrogen and oxygen atoms in total. The maximum absolute atomic E-state index is 9.43. The average Bonchev–Trinajstić information content (AvgIpc) is 2.39. The highest BCUT2D eigenvalue weighted by Gasteiger charge is 2.39. The molecular formula is C12H14N2O2. The minimum Gasteiger partial charge on any atom is -0.393 e. The third-order valence-electron chi connectivity index (χ3n) is 2.85. The van der Waals surface area contributed by atoms with E-state index in [2.05, 4.69) is 6.07 Å². The van der Waals surface area contributed by atoms with Crippen LogP contribution in [-0.4, -0.2) is 37.0 Å². The summed E-state index contributed by atoms with van der Waals surface area (Å²) in [7, 11) is 0. The molecule has 1 atom stereocenters. The number of aliphatic hydroxyl groups is 1. The minimum atomic E-state index is -0.945. The molecule has 1 aliphatic heterocycles. The maximum Gasteiger partial charge on any atom is 0.174 e. The summed E-state index contributed by atoms with van der Waals surface area (Å²) in [5.74, 6) is 0. The van der Waals surface area contributed by atoms with Gasteiger partial charge in [-0.2, -0.15) is 5.26 Å². The number of rotatable bonds is 2. The number of morpholine rings is 1. The molecule has 0 radical (unpaired) electrons. The number of hydrogen-bond donors (Lipinski definition) is 1. The highest BCUT2D eigenvalue weighted by Crippen LogP contribution is 2.26. The van der Waals surface area contributed by atoms with E-state index in [0.29, 0.717) is 13.2 Å². The first-order valence-electron chi connectivity index (χ1n) is 5.25. The van der Waals surface area contributed by atoms with E-state index in [1.165, 1.54) is 0 Å². The van der Waals surface area contributed by atoms with Crippen LogP contribution in [-0.2, 0) is 4.74 Å². The lowest BCUT2D eigenvalue weighted by atomic mass is 9.99. The van der Waals surface area contributed by atoms with Gasteiger partial charge in [0.15, 0.2) is 5.54 Å². The molecule has 1 saturated heterocycles. The van der Waals surface area contributed by atoms with Crippen LogP contribution in [0.5, 0.6) is 0 Å². The molecule has 1 fully saturated rings. The fourth-order valence-corrected chi connectivity index (χ4v) is 1.93. The van der Waals surface area contributed by atoms with E-state index in [0.717, 1.165) is 5.69 Å². The van der Waals surface area contributed by atoms with Crippen LogP contribution in [0.2, 0.25) is 0 Å². The normalized spacial score (nSPS) is 25.1. The molecular weight excluding hydrogens is 204 g/mol. The van der Waals surface area contributed by atoms with Gasteiger partial charge < -0.3 is 14.7 Å². The van der Waals surface area contributed by atoms with E-state index >= 15 is 0 Å². The first-order chi connectivity index (χ1) is 7.82. The van der Waals surface area contributed by atoms with Crippen molar-refractivity contribution < 1.29 is 9.84 Å². The van der Waals surface area contributed by atoms with Crippen LogP contribution in [0.15, 0.2) is 30.3 Å². The van der Waals surface area contributed by atoms with Gasteiger partial charge in [0.1, 0.15) is 0 Å². The lowest BCUT2D eigenvalue weighted by Crippen LogP contribution is -2.58. The molecule has 0 amide bonds. The first kappa shape index (κ1) is 10.9. The molecule has 4 heteroatoms. The van der Waals surface area contributed by atoms with Gasteiger partial charge in [-0.25, -0.2) is 0 Å². The second kappa shape index (κ2) is 4.52. The van der Waals surface area contributed by atoms with Gasteiger partial charge in [0, 0.05) is 12.2 Å². The van der Waals surface area contributed by atoms with Crippen molar-refractivity contribution >= 4 is 5.69 Å². The third kappa shape index (κ3) is 1.75. The van der Waals surface area contributed by atoms with Crippen molar-refractivity contribution in [1.82, 2.24) is 0 Å². The second-order valence-corrected chi connectivity index (χ2v) is 3.84. The third-order valence-corrected chi connectivity index (χ3v) is 2.85. The lowest BCUT2D eigenvalue weighted by Gasteiger charge is -2.42. The van der Waals surface area contributed by atoms with Crippen molar-refractivity contribution in [3.05, 3.63) is 30.3 Å². The Bertz CT molecular complexity index is 388. The van der Waals surface area contributed by atoms with E-state index in [1.54, 1.807) is 0 Å². The van der Waals surface area contributed by atoms with Crippen LogP contribution in [0.1, 0.15) is 0 Å². The quantitative estimate of drug-likeness (QED) is 0.797. The first-order valence-corrected chi connectivity index (χ1v) is 5.25. The molecule has 2 rings (SSSR count). The summed E-state index contributed by atoms with van der Waals surface area (Å²) in [6.07, 6.45) is 0. The van der Waals surface area contributed by atoms with E-state index in [1.807, 2.05) is 35.2 Å². The highest BCUT2D eigenvalue weighted by molar-refractivity contribution is 5.52.